The molecule has 0 N–H and O–H groups in total. The molecule has 3 nitrogen and oxygen atoms in total. The third kappa shape index (κ3) is 2.56. The van der Waals surface area contributed by atoms with Gasteiger partial charge in [-0.1, -0.05) is 34.1 Å². The highest BCUT2D eigenvalue weighted by Gasteiger charge is 2.31. The number of nitriles is 1. The van der Waals surface area contributed by atoms with Crippen molar-refractivity contribution in [3.63, 3.8) is 0 Å². The van der Waals surface area contributed by atoms with Crippen molar-refractivity contribution in [2.75, 3.05) is 13.2 Å². The summed E-state index contributed by atoms with van der Waals surface area (Å²) in [5.41, 5.74) is 0.743. The lowest BCUT2D eigenvalue weighted by atomic mass is 9.88. The Morgan fingerprint density at radius 3 is 2.88 bits per heavy atom. The average molecular weight is 294 g/mol. The fourth-order valence-corrected chi connectivity index (χ4v) is 2.50. The van der Waals surface area contributed by atoms with Crippen molar-refractivity contribution in [1.29, 1.82) is 5.26 Å². The normalized spacial score (nSPS) is 20.8. The van der Waals surface area contributed by atoms with Crippen LogP contribution in [0, 0.1) is 17.2 Å². The van der Waals surface area contributed by atoms with Crippen LogP contribution in [0.2, 0.25) is 0 Å². The van der Waals surface area contributed by atoms with Gasteiger partial charge < -0.3 is 4.74 Å². The lowest BCUT2D eigenvalue weighted by molar-refractivity contribution is -0.123. The minimum absolute atomic E-state index is 0.0306. The van der Waals surface area contributed by atoms with Gasteiger partial charge in [-0.25, -0.2) is 0 Å². The zero-order valence-corrected chi connectivity index (χ0v) is 10.8. The highest BCUT2D eigenvalue weighted by Crippen LogP contribution is 2.29. The fourth-order valence-electron chi connectivity index (χ4n) is 1.99. The molecule has 2 rings (SSSR count). The molecule has 2 atom stereocenters. The molecule has 88 valence electrons. The summed E-state index contributed by atoms with van der Waals surface area (Å²) in [4.78, 5) is 12.2. The van der Waals surface area contributed by atoms with Crippen LogP contribution < -0.4 is 0 Å². The number of benzene rings is 1. The van der Waals surface area contributed by atoms with E-state index < -0.39 is 5.92 Å². The van der Waals surface area contributed by atoms with Gasteiger partial charge >= 0.3 is 0 Å². The molecular weight excluding hydrogens is 282 g/mol. The van der Waals surface area contributed by atoms with E-state index in [0.717, 1.165) is 16.5 Å². The highest BCUT2D eigenvalue weighted by molar-refractivity contribution is 9.10. The monoisotopic (exact) mass is 293 g/mol. The van der Waals surface area contributed by atoms with E-state index >= 15 is 0 Å². The van der Waals surface area contributed by atoms with Gasteiger partial charge in [0, 0.05) is 17.0 Å². The summed E-state index contributed by atoms with van der Waals surface area (Å²) in [5.74, 6) is -0.860. The number of ketones is 1. The Bertz CT molecular complexity index is 461. The molecule has 0 saturated carbocycles. The maximum atomic E-state index is 12.2. The van der Waals surface area contributed by atoms with E-state index in [-0.39, 0.29) is 11.7 Å². The Kier molecular flexibility index (Phi) is 3.93. The van der Waals surface area contributed by atoms with Crippen molar-refractivity contribution in [3.8, 4) is 6.07 Å². The number of halogens is 1. The molecule has 0 spiro atoms. The molecule has 4 heteroatoms. The molecule has 0 aliphatic carbocycles. The largest absolute Gasteiger partial charge is 0.381 e. The first-order chi connectivity index (χ1) is 8.24. The molecule has 1 saturated heterocycles. The fraction of sp³-hybridized carbons (Fsp3) is 0.385. The standard InChI is InChI=1S/C13H12BrNO2/c14-12-4-2-1-3-10(12)11(7-15)13(16)9-5-6-17-8-9/h1-4,9,11H,5-6,8H2. The van der Waals surface area contributed by atoms with E-state index in [1.165, 1.54) is 0 Å². The maximum absolute atomic E-state index is 12.2. The minimum Gasteiger partial charge on any atom is -0.381 e. The van der Waals surface area contributed by atoms with Gasteiger partial charge in [0.05, 0.1) is 12.7 Å². The van der Waals surface area contributed by atoms with Crippen LogP contribution in [0.1, 0.15) is 17.9 Å². The van der Waals surface area contributed by atoms with Crippen LogP contribution in [-0.2, 0) is 9.53 Å². The second-order valence-corrected chi connectivity index (χ2v) is 4.90. The van der Waals surface area contributed by atoms with Crippen molar-refractivity contribution < 1.29 is 9.53 Å². The van der Waals surface area contributed by atoms with Gasteiger partial charge in [-0.15, -0.1) is 0 Å². The summed E-state index contributed by atoms with van der Waals surface area (Å²) in [7, 11) is 0. The van der Waals surface area contributed by atoms with Gasteiger partial charge in [-0.3, -0.25) is 4.79 Å². The summed E-state index contributed by atoms with van der Waals surface area (Å²) in [6.07, 6.45) is 0.724. The molecule has 0 radical (unpaired) electrons. The predicted molar refractivity (Wildman–Crippen MR) is 66.4 cm³/mol. The van der Waals surface area contributed by atoms with Gasteiger partial charge in [-0.05, 0) is 18.1 Å². The first kappa shape index (κ1) is 12.3. The molecule has 1 aliphatic rings. The molecule has 0 bridgehead atoms. The predicted octanol–water partition coefficient (Wildman–Crippen LogP) is 2.66. The molecule has 2 unspecified atom stereocenters. The molecule has 1 aliphatic heterocycles. The molecule has 1 aromatic rings. The van der Waals surface area contributed by atoms with Crippen molar-refractivity contribution in [3.05, 3.63) is 34.3 Å². The lowest BCUT2D eigenvalue weighted by Crippen LogP contribution is -2.21. The second kappa shape index (κ2) is 5.44. The number of carbonyl (C=O) groups is 1. The Morgan fingerprint density at radius 2 is 2.29 bits per heavy atom. The summed E-state index contributed by atoms with van der Waals surface area (Å²) in [5, 5.41) is 9.20. The number of Topliss-reactive ketones (excluding diaryl/α,β-unsaturated/α-hetero) is 1. The number of hydrogen-bond acceptors (Lipinski definition) is 3. The van der Waals surface area contributed by atoms with Crippen molar-refractivity contribution in [2.45, 2.75) is 12.3 Å². The van der Waals surface area contributed by atoms with Gasteiger partial charge in [0.1, 0.15) is 5.92 Å². The first-order valence-corrected chi connectivity index (χ1v) is 6.29. The second-order valence-electron chi connectivity index (χ2n) is 4.05. The van der Waals surface area contributed by atoms with E-state index in [1.54, 1.807) is 0 Å². The van der Waals surface area contributed by atoms with Crippen LogP contribution >= 0.6 is 15.9 Å². The molecular formula is C13H12BrNO2. The summed E-state index contributed by atoms with van der Waals surface area (Å²) in [6, 6.07) is 9.46. The van der Waals surface area contributed by atoms with Crippen LogP contribution in [-0.4, -0.2) is 19.0 Å². The Balaban J connectivity index is 2.25. The maximum Gasteiger partial charge on any atom is 0.159 e. The van der Waals surface area contributed by atoms with Crippen molar-refractivity contribution >= 4 is 21.7 Å². The van der Waals surface area contributed by atoms with Crippen molar-refractivity contribution in [1.82, 2.24) is 0 Å². The van der Waals surface area contributed by atoms with Crippen LogP contribution in [0.15, 0.2) is 28.7 Å². The minimum atomic E-state index is -0.697. The quantitative estimate of drug-likeness (QED) is 0.861. The molecule has 17 heavy (non-hydrogen) atoms. The van der Waals surface area contributed by atoms with E-state index in [0.29, 0.717) is 13.2 Å². The van der Waals surface area contributed by atoms with Crippen LogP contribution in [0.5, 0.6) is 0 Å². The van der Waals surface area contributed by atoms with Gasteiger partial charge in [0.2, 0.25) is 0 Å². The highest BCUT2D eigenvalue weighted by atomic mass is 79.9. The van der Waals surface area contributed by atoms with Gasteiger partial charge in [0.25, 0.3) is 0 Å². The Labute approximate surface area is 109 Å². The Hall–Kier alpha value is -1.18. The summed E-state index contributed by atoms with van der Waals surface area (Å²) >= 11 is 3.38. The number of rotatable bonds is 3. The molecule has 0 amide bonds. The van der Waals surface area contributed by atoms with E-state index in [9.17, 15) is 10.1 Å². The van der Waals surface area contributed by atoms with Crippen LogP contribution in [0.25, 0.3) is 0 Å². The molecule has 1 heterocycles. The average Bonchev–Trinajstić information content (AvgIpc) is 2.86. The van der Waals surface area contributed by atoms with Crippen LogP contribution in [0.3, 0.4) is 0 Å². The molecule has 0 aromatic heterocycles. The van der Waals surface area contributed by atoms with E-state index in [2.05, 4.69) is 22.0 Å². The lowest BCUT2D eigenvalue weighted by Gasteiger charge is -2.13. The third-order valence-electron chi connectivity index (χ3n) is 2.96. The first-order valence-electron chi connectivity index (χ1n) is 5.49. The molecule has 1 aromatic carbocycles. The molecule has 1 fully saturated rings. The smallest absolute Gasteiger partial charge is 0.159 e. The topological polar surface area (TPSA) is 50.1 Å². The SMILES string of the molecule is N#CC(C(=O)C1CCOC1)c1ccccc1Br. The Morgan fingerprint density at radius 1 is 1.53 bits per heavy atom. The van der Waals surface area contributed by atoms with Gasteiger partial charge in [-0.2, -0.15) is 5.26 Å². The number of carbonyl (C=O) groups excluding carboxylic acids is 1. The zero-order chi connectivity index (χ0) is 12.3. The zero-order valence-electron chi connectivity index (χ0n) is 9.23. The number of nitrogens with zero attached hydrogens (tertiary/aromatic N) is 1. The summed E-state index contributed by atoms with van der Waals surface area (Å²) in [6.45, 7) is 1.06. The third-order valence-corrected chi connectivity index (χ3v) is 3.68. The van der Waals surface area contributed by atoms with Gasteiger partial charge in [0.15, 0.2) is 5.78 Å². The van der Waals surface area contributed by atoms with E-state index in [4.69, 9.17) is 4.74 Å². The van der Waals surface area contributed by atoms with E-state index in [1.807, 2.05) is 24.3 Å². The van der Waals surface area contributed by atoms with Crippen molar-refractivity contribution in [2.24, 2.45) is 5.92 Å². The summed E-state index contributed by atoms with van der Waals surface area (Å²) < 4.78 is 6.00. The number of ether oxygens (including phenoxy) is 1. The number of hydrogen-bond donors (Lipinski definition) is 0. The van der Waals surface area contributed by atoms with Crippen LogP contribution in [0.4, 0.5) is 0 Å².